The van der Waals surface area contributed by atoms with Crippen molar-refractivity contribution in [2.75, 3.05) is 0 Å². The van der Waals surface area contributed by atoms with Crippen molar-refractivity contribution in [3.63, 3.8) is 0 Å². The molecule has 1 saturated carbocycles. The van der Waals surface area contributed by atoms with Gasteiger partial charge in [0, 0.05) is 34.5 Å². The van der Waals surface area contributed by atoms with Crippen molar-refractivity contribution in [2.45, 2.75) is 36.3 Å². The monoisotopic (exact) mass is 355 g/mol. The van der Waals surface area contributed by atoms with Gasteiger partial charge < -0.3 is 5.11 Å². The number of thioether (sulfide) groups is 1. The molecule has 0 radical (unpaired) electrons. The second kappa shape index (κ2) is 8.30. The maximum Gasteiger partial charge on any atom is 0.306 e. The van der Waals surface area contributed by atoms with Crippen molar-refractivity contribution in [1.29, 1.82) is 0 Å². The Morgan fingerprint density at radius 2 is 1.72 bits per heavy atom. The molecular formula is C20H21NO3S. The van der Waals surface area contributed by atoms with Gasteiger partial charge in [-0.25, -0.2) is 0 Å². The van der Waals surface area contributed by atoms with Crippen LogP contribution < -0.4 is 0 Å². The van der Waals surface area contributed by atoms with Crippen molar-refractivity contribution in [1.82, 2.24) is 4.98 Å². The SMILES string of the molecule is O=C(O)C1CCC(C(=O)c2ccncc2SCc2ccccc2)CC1. The van der Waals surface area contributed by atoms with Gasteiger partial charge in [0.15, 0.2) is 5.78 Å². The predicted octanol–water partition coefficient (Wildman–Crippen LogP) is 4.45. The van der Waals surface area contributed by atoms with Gasteiger partial charge in [0.25, 0.3) is 0 Å². The molecule has 0 unspecified atom stereocenters. The van der Waals surface area contributed by atoms with Gasteiger partial charge in [0.05, 0.1) is 5.92 Å². The molecule has 1 aromatic heterocycles. The van der Waals surface area contributed by atoms with Crippen molar-refractivity contribution in [2.24, 2.45) is 11.8 Å². The number of Topliss-reactive ketones (excluding diaryl/α,β-unsaturated/α-hetero) is 1. The van der Waals surface area contributed by atoms with Crippen molar-refractivity contribution in [3.8, 4) is 0 Å². The van der Waals surface area contributed by atoms with Crippen molar-refractivity contribution >= 4 is 23.5 Å². The number of nitrogens with zero attached hydrogens (tertiary/aromatic N) is 1. The zero-order valence-corrected chi connectivity index (χ0v) is 14.7. The molecule has 1 aliphatic carbocycles. The Morgan fingerprint density at radius 3 is 2.40 bits per heavy atom. The van der Waals surface area contributed by atoms with E-state index >= 15 is 0 Å². The number of pyridine rings is 1. The minimum Gasteiger partial charge on any atom is -0.481 e. The molecule has 0 bridgehead atoms. The van der Waals surface area contributed by atoms with E-state index in [9.17, 15) is 9.59 Å². The summed E-state index contributed by atoms with van der Waals surface area (Å²) in [6, 6.07) is 11.9. The van der Waals surface area contributed by atoms with Gasteiger partial charge in [-0.05, 0) is 37.3 Å². The van der Waals surface area contributed by atoms with Crippen LogP contribution in [0.2, 0.25) is 0 Å². The van der Waals surface area contributed by atoms with Gasteiger partial charge in [-0.15, -0.1) is 11.8 Å². The highest BCUT2D eigenvalue weighted by Gasteiger charge is 2.31. The number of carboxylic acids is 1. The van der Waals surface area contributed by atoms with Crippen LogP contribution in [0.3, 0.4) is 0 Å². The Morgan fingerprint density at radius 1 is 1.04 bits per heavy atom. The fourth-order valence-corrected chi connectivity index (χ4v) is 4.23. The summed E-state index contributed by atoms with van der Waals surface area (Å²) in [6.07, 6.45) is 5.89. The molecule has 4 nitrogen and oxygen atoms in total. The molecule has 1 aliphatic rings. The van der Waals surface area contributed by atoms with Crippen LogP contribution in [-0.2, 0) is 10.5 Å². The van der Waals surface area contributed by atoms with Gasteiger partial charge >= 0.3 is 5.97 Å². The molecule has 0 aliphatic heterocycles. The lowest BCUT2D eigenvalue weighted by Crippen LogP contribution is -2.26. The molecule has 25 heavy (non-hydrogen) atoms. The molecule has 1 N–H and O–H groups in total. The Balaban J connectivity index is 1.68. The minimum atomic E-state index is -0.742. The molecule has 3 rings (SSSR count). The standard InChI is InChI=1S/C20H21NO3S/c22-19(15-6-8-16(9-7-15)20(23)24)17-10-11-21-12-18(17)25-13-14-4-2-1-3-5-14/h1-5,10-12,15-16H,6-9,13H2,(H,23,24). The minimum absolute atomic E-state index is 0.0749. The first kappa shape index (κ1) is 17.7. The van der Waals surface area contributed by atoms with Crippen LogP contribution in [0.25, 0.3) is 0 Å². The largest absolute Gasteiger partial charge is 0.481 e. The second-order valence-electron chi connectivity index (χ2n) is 6.40. The smallest absolute Gasteiger partial charge is 0.306 e. The number of rotatable bonds is 6. The molecule has 2 aromatic rings. The first-order valence-corrected chi connectivity index (χ1v) is 9.51. The zero-order chi connectivity index (χ0) is 17.6. The van der Waals surface area contributed by atoms with Crippen LogP contribution >= 0.6 is 11.8 Å². The van der Waals surface area contributed by atoms with Gasteiger partial charge in [-0.2, -0.15) is 0 Å². The fraction of sp³-hybridized carbons (Fsp3) is 0.350. The van der Waals surface area contributed by atoms with Crippen LogP contribution in [0.4, 0.5) is 0 Å². The van der Waals surface area contributed by atoms with Crippen LogP contribution in [0, 0.1) is 11.8 Å². The van der Waals surface area contributed by atoms with E-state index < -0.39 is 5.97 Å². The molecule has 0 amide bonds. The van der Waals surface area contributed by atoms with E-state index in [2.05, 4.69) is 17.1 Å². The van der Waals surface area contributed by atoms with Crippen molar-refractivity contribution < 1.29 is 14.7 Å². The van der Waals surface area contributed by atoms with E-state index in [1.807, 2.05) is 18.2 Å². The molecule has 130 valence electrons. The van der Waals surface area contributed by atoms with Crippen LogP contribution in [0.5, 0.6) is 0 Å². The lowest BCUT2D eigenvalue weighted by atomic mass is 9.79. The number of aromatic nitrogens is 1. The maximum atomic E-state index is 12.9. The summed E-state index contributed by atoms with van der Waals surface area (Å²) in [6.45, 7) is 0. The molecule has 0 saturated heterocycles. The average molecular weight is 355 g/mol. The quantitative estimate of drug-likeness (QED) is 0.612. The summed E-state index contributed by atoms with van der Waals surface area (Å²) in [5.41, 5.74) is 1.92. The number of carbonyl (C=O) groups excluding carboxylic acids is 1. The van der Waals surface area contributed by atoms with Crippen LogP contribution in [0.15, 0.2) is 53.7 Å². The van der Waals surface area contributed by atoms with E-state index in [1.54, 1.807) is 30.2 Å². The molecule has 1 fully saturated rings. The predicted molar refractivity (Wildman–Crippen MR) is 97.7 cm³/mol. The highest BCUT2D eigenvalue weighted by atomic mass is 32.2. The average Bonchev–Trinajstić information content (AvgIpc) is 2.67. The summed E-state index contributed by atoms with van der Waals surface area (Å²) < 4.78 is 0. The van der Waals surface area contributed by atoms with E-state index in [0.717, 1.165) is 16.2 Å². The lowest BCUT2D eigenvalue weighted by Gasteiger charge is -2.25. The molecule has 5 heteroatoms. The number of hydrogen-bond acceptors (Lipinski definition) is 4. The number of carboxylic acid groups (broad SMARTS) is 1. The third kappa shape index (κ3) is 4.48. The van der Waals surface area contributed by atoms with Gasteiger partial charge in [-0.1, -0.05) is 30.3 Å². The third-order valence-electron chi connectivity index (χ3n) is 4.73. The number of carbonyl (C=O) groups is 2. The summed E-state index contributed by atoms with van der Waals surface area (Å²) in [7, 11) is 0. The van der Waals surface area contributed by atoms with E-state index in [1.165, 1.54) is 5.56 Å². The first-order chi connectivity index (χ1) is 12.1. The maximum absolute atomic E-state index is 12.9. The zero-order valence-electron chi connectivity index (χ0n) is 13.9. The third-order valence-corrected chi connectivity index (χ3v) is 5.85. The molecule has 0 atom stereocenters. The Hall–Kier alpha value is -2.14. The lowest BCUT2D eigenvalue weighted by molar-refractivity contribution is -0.143. The highest BCUT2D eigenvalue weighted by molar-refractivity contribution is 7.98. The Bertz CT molecular complexity index is 740. The molecule has 1 heterocycles. The highest BCUT2D eigenvalue weighted by Crippen LogP contribution is 2.34. The van der Waals surface area contributed by atoms with Crippen LogP contribution in [-0.4, -0.2) is 21.8 Å². The normalized spacial score (nSPS) is 20.2. The molecule has 1 aromatic carbocycles. The van der Waals surface area contributed by atoms with E-state index in [0.29, 0.717) is 25.7 Å². The van der Waals surface area contributed by atoms with E-state index in [4.69, 9.17) is 5.11 Å². The summed E-state index contributed by atoms with van der Waals surface area (Å²) in [5.74, 6) is -0.198. The van der Waals surface area contributed by atoms with Gasteiger partial charge in [0.2, 0.25) is 0 Å². The second-order valence-corrected chi connectivity index (χ2v) is 7.41. The number of aliphatic carboxylic acids is 1. The topological polar surface area (TPSA) is 67.3 Å². The van der Waals surface area contributed by atoms with Gasteiger partial charge in [-0.3, -0.25) is 14.6 Å². The Kier molecular flexibility index (Phi) is 5.87. The fourth-order valence-electron chi connectivity index (χ4n) is 3.26. The molecule has 0 spiro atoms. The summed E-state index contributed by atoms with van der Waals surface area (Å²) in [4.78, 5) is 29.1. The van der Waals surface area contributed by atoms with Crippen LogP contribution in [0.1, 0.15) is 41.6 Å². The number of benzene rings is 1. The first-order valence-electron chi connectivity index (χ1n) is 8.53. The summed E-state index contributed by atoms with van der Waals surface area (Å²) >= 11 is 1.62. The van der Waals surface area contributed by atoms with Crippen molar-refractivity contribution in [3.05, 3.63) is 59.9 Å². The van der Waals surface area contributed by atoms with E-state index in [-0.39, 0.29) is 17.6 Å². The summed E-state index contributed by atoms with van der Waals surface area (Å²) in [5, 5.41) is 9.11. The molecular weight excluding hydrogens is 334 g/mol. The van der Waals surface area contributed by atoms with Gasteiger partial charge in [0.1, 0.15) is 0 Å². The number of hydrogen-bond donors (Lipinski definition) is 1. The Labute approximate surface area is 151 Å². The number of ketones is 1.